The average Bonchev–Trinajstić information content (AvgIpc) is 3.31. The van der Waals surface area contributed by atoms with E-state index in [1.165, 1.54) is 6.42 Å². The molecule has 2 heterocycles. The van der Waals surface area contributed by atoms with Crippen molar-refractivity contribution >= 4 is 23.4 Å². The predicted molar refractivity (Wildman–Crippen MR) is 121 cm³/mol. The Bertz CT molecular complexity index is 1060. The fourth-order valence-corrected chi connectivity index (χ4v) is 3.75. The molecule has 0 unspecified atom stereocenters. The van der Waals surface area contributed by atoms with Crippen molar-refractivity contribution < 1.29 is 14.1 Å². The fourth-order valence-electron chi connectivity index (χ4n) is 3.63. The van der Waals surface area contributed by atoms with Crippen LogP contribution in [0, 0.1) is 0 Å². The van der Waals surface area contributed by atoms with Gasteiger partial charge in [0.25, 0.3) is 5.91 Å². The fraction of sp³-hybridized carbons (Fsp3) is 0.333. The van der Waals surface area contributed by atoms with Gasteiger partial charge in [-0.05, 0) is 61.2 Å². The molecule has 166 valence electrons. The van der Waals surface area contributed by atoms with E-state index in [-0.39, 0.29) is 18.2 Å². The van der Waals surface area contributed by atoms with Crippen LogP contribution in [0.2, 0.25) is 5.02 Å². The average molecular weight is 453 g/mol. The number of hydrogen-bond acceptors (Lipinski definition) is 5. The van der Waals surface area contributed by atoms with E-state index in [4.69, 9.17) is 16.1 Å². The van der Waals surface area contributed by atoms with Gasteiger partial charge >= 0.3 is 0 Å². The molecule has 3 aromatic rings. The Labute approximate surface area is 191 Å². The zero-order chi connectivity index (χ0) is 22.3. The molecular formula is C24H25ClN4O3. The van der Waals surface area contributed by atoms with Crippen LogP contribution in [-0.2, 0) is 17.8 Å². The summed E-state index contributed by atoms with van der Waals surface area (Å²) in [6, 6.07) is 14.6. The van der Waals surface area contributed by atoms with Gasteiger partial charge < -0.3 is 14.7 Å². The molecule has 4 rings (SSSR count). The van der Waals surface area contributed by atoms with Crippen molar-refractivity contribution in [3.63, 3.8) is 0 Å². The summed E-state index contributed by atoms with van der Waals surface area (Å²) in [5.41, 5.74) is 2.43. The molecule has 0 spiro atoms. The van der Waals surface area contributed by atoms with Crippen LogP contribution in [0.25, 0.3) is 11.4 Å². The number of nitrogens with zero attached hydrogens (tertiary/aromatic N) is 3. The standard InChI is InChI=1S/C24H25ClN4O3/c25-20-10-8-18(9-11-20)23-27-22(32-28-23)13-12-21(30)26-16-17-4-6-19(7-5-17)24(31)29-14-2-1-3-15-29/h4-11H,1-3,12-16H2,(H,26,30). The third-order valence-electron chi connectivity index (χ3n) is 5.47. The number of aromatic nitrogens is 2. The summed E-state index contributed by atoms with van der Waals surface area (Å²) < 4.78 is 5.24. The third-order valence-corrected chi connectivity index (χ3v) is 5.72. The molecule has 1 aliphatic heterocycles. The molecule has 0 radical (unpaired) electrons. The molecule has 2 amide bonds. The van der Waals surface area contributed by atoms with Gasteiger partial charge in [-0.15, -0.1) is 0 Å². The highest BCUT2D eigenvalue weighted by molar-refractivity contribution is 6.30. The van der Waals surface area contributed by atoms with Gasteiger partial charge in [-0.3, -0.25) is 9.59 Å². The van der Waals surface area contributed by atoms with E-state index >= 15 is 0 Å². The monoisotopic (exact) mass is 452 g/mol. The second kappa shape index (κ2) is 10.4. The number of nitrogens with one attached hydrogen (secondary N) is 1. The molecule has 8 heteroatoms. The van der Waals surface area contributed by atoms with Crippen LogP contribution in [0.3, 0.4) is 0 Å². The Morgan fingerprint density at radius 2 is 1.72 bits per heavy atom. The lowest BCUT2D eigenvalue weighted by Gasteiger charge is -2.26. The lowest BCUT2D eigenvalue weighted by molar-refractivity contribution is -0.121. The van der Waals surface area contributed by atoms with Crippen LogP contribution in [0.5, 0.6) is 0 Å². The number of piperidine rings is 1. The van der Waals surface area contributed by atoms with Gasteiger partial charge in [-0.1, -0.05) is 28.9 Å². The zero-order valence-electron chi connectivity index (χ0n) is 17.7. The molecule has 2 aromatic carbocycles. The lowest BCUT2D eigenvalue weighted by atomic mass is 10.1. The van der Waals surface area contributed by atoms with Crippen molar-refractivity contribution in [2.24, 2.45) is 0 Å². The minimum Gasteiger partial charge on any atom is -0.352 e. The molecule has 0 aliphatic carbocycles. The van der Waals surface area contributed by atoms with Crippen molar-refractivity contribution in [1.29, 1.82) is 0 Å². The van der Waals surface area contributed by atoms with Gasteiger partial charge in [-0.2, -0.15) is 4.98 Å². The molecular weight excluding hydrogens is 428 g/mol. The minimum absolute atomic E-state index is 0.0813. The van der Waals surface area contributed by atoms with E-state index in [0.29, 0.717) is 35.3 Å². The first-order valence-electron chi connectivity index (χ1n) is 10.8. The van der Waals surface area contributed by atoms with Crippen molar-refractivity contribution in [1.82, 2.24) is 20.4 Å². The predicted octanol–water partition coefficient (Wildman–Crippen LogP) is 4.27. The number of halogens is 1. The van der Waals surface area contributed by atoms with Crippen LogP contribution in [0.15, 0.2) is 53.1 Å². The summed E-state index contributed by atoms with van der Waals surface area (Å²) in [5.74, 6) is 0.851. The first kappa shape index (κ1) is 22.0. The van der Waals surface area contributed by atoms with Gasteiger partial charge in [0.1, 0.15) is 0 Å². The molecule has 1 saturated heterocycles. The second-order valence-corrected chi connectivity index (χ2v) is 8.28. The normalized spacial score (nSPS) is 13.7. The first-order valence-corrected chi connectivity index (χ1v) is 11.2. The SMILES string of the molecule is O=C(CCc1nc(-c2ccc(Cl)cc2)no1)NCc1ccc(C(=O)N2CCCCC2)cc1. The second-order valence-electron chi connectivity index (χ2n) is 7.85. The van der Waals surface area contributed by atoms with Crippen molar-refractivity contribution in [2.75, 3.05) is 13.1 Å². The van der Waals surface area contributed by atoms with Crippen LogP contribution < -0.4 is 5.32 Å². The summed E-state index contributed by atoms with van der Waals surface area (Å²) in [6.45, 7) is 2.06. The molecule has 7 nitrogen and oxygen atoms in total. The number of amides is 2. The highest BCUT2D eigenvalue weighted by atomic mass is 35.5. The molecule has 1 aromatic heterocycles. The van der Waals surface area contributed by atoms with E-state index < -0.39 is 0 Å². The third kappa shape index (κ3) is 5.73. The van der Waals surface area contributed by atoms with Gasteiger partial charge in [0, 0.05) is 48.6 Å². The number of carbonyl (C=O) groups is 2. The number of rotatable bonds is 7. The number of hydrogen-bond donors (Lipinski definition) is 1. The molecule has 0 saturated carbocycles. The van der Waals surface area contributed by atoms with Crippen molar-refractivity contribution in [3.8, 4) is 11.4 Å². The Kier molecular flexibility index (Phi) is 7.17. The largest absolute Gasteiger partial charge is 0.352 e. The number of likely N-dealkylation sites (tertiary alicyclic amines) is 1. The Morgan fingerprint density at radius 1 is 1.00 bits per heavy atom. The van der Waals surface area contributed by atoms with E-state index in [1.807, 2.05) is 41.3 Å². The number of aryl methyl sites for hydroxylation is 1. The van der Waals surface area contributed by atoms with E-state index in [9.17, 15) is 9.59 Å². The van der Waals surface area contributed by atoms with E-state index in [2.05, 4.69) is 15.5 Å². The summed E-state index contributed by atoms with van der Waals surface area (Å²) in [5, 5.41) is 7.48. The highest BCUT2D eigenvalue weighted by Gasteiger charge is 2.18. The Morgan fingerprint density at radius 3 is 2.44 bits per heavy atom. The van der Waals surface area contributed by atoms with Gasteiger partial charge in [-0.25, -0.2) is 0 Å². The van der Waals surface area contributed by atoms with E-state index in [0.717, 1.165) is 37.1 Å². The summed E-state index contributed by atoms with van der Waals surface area (Å²) >= 11 is 5.89. The van der Waals surface area contributed by atoms with Gasteiger partial charge in [0.15, 0.2) is 0 Å². The quantitative estimate of drug-likeness (QED) is 0.578. The Balaban J connectivity index is 1.23. The van der Waals surface area contributed by atoms with Crippen LogP contribution in [0.4, 0.5) is 0 Å². The van der Waals surface area contributed by atoms with Crippen molar-refractivity contribution in [3.05, 3.63) is 70.6 Å². The molecule has 32 heavy (non-hydrogen) atoms. The van der Waals surface area contributed by atoms with Crippen LogP contribution in [0.1, 0.15) is 47.5 Å². The van der Waals surface area contributed by atoms with Gasteiger partial charge in [0.2, 0.25) is 17.6 Å². The molecule has 1 aliphatic rings. The Hall–Kier alpha value is -3.19. The maximum atomic E-state index is 12.5. The van der Waals surface area contributed by atoms with E-state index in [1.54, 1.807) is 12.1 Å². The van der Waals surface area contributed by atoms with Crippen LogP contribution >= 0.6 is 11.6 Å². The highest BCUT2D eigenvalue weighted by Crippen LogP contribution is 2.19. The first-order chi connectivity index (χ1) is 15.6. The zero-order valence-corrected chi connectivity index (χ0v) is 18.5. The minimum atomic E-state index is -0.107. The molecule has 0 bridgehead atoms. The number of carbonyl (C=O) groups excluding carboxylic acids is 2. The van der Waals surface area contributed by atoms with Crippen molar-refractivity contribution in [2.45, 2.75) is 38.6 Å². The molecule has 1 N–H and O–H groups in total. The summed E-state index contributed by atoms with van der Waals surface area (Å²) in [7, 11) is 0. The maximum Gasteiger partial charge on any atom is 0.253 e. The smallest absolute Gasteiger partial charge is 0.253 e. The molecule has 1 fully saturated rings. The summed E-state index contributed by atoms with van der Waals surface area (Å²) in [4.78, 5) is 31.0. The number of benzene rings is 2. The lowest BCUT2D eigenvalue weighted by Crippen LogP contribution is -2.35. The summed E-state index contributed by atoms with van der Waals surface area (Å²) in [6.07, 6.45) is 3.94. The van der Waals surface area contributed by atoms with Gasteiger partial charge in [0.05, 0.1) is 0 Å². The maximum absolute atomic E-state index is 12.5. The molecule has 0 atom stereocenters. The topological polar surface area (TPSA) is 88.3 Å². The van der Waals surface area contributed by atoms with Crippen LogP contribution in [-0.4, -0.2) is 39.9 Å².